The van der Waals surface area contributed by atoms with Gasteiger partial charge in [0.2, 0.25) is 11.8 Å². The van der Waals surface area contributed by atoms with Crippen LogP contribution in [0.1, 0.15) is 21.5 Å². The van der Waals surface area contributed by atoms with E-state index in [0.29, 0.717) is 24.1 Å². The maximum atomic E-state index is 12.9. The molecule has 0 aliphatic carbocycles. The zero-order valence-corrected chi connectivity index (χ0v) is 16.7. The summed E-state index contributed by atoms with van der Waals surface area (Å²) in [6.45, 7) is 0.468. The van der Waals surface area contributed by atoms with Gasteiger partial charge in [-0.25, -0.2) is 0 Å². The molecule has 0 saturated heterocycles. The first-order chi connectivity index (χ1) is 15.2. The number of halogens is 3. The summed E-state index contributed by atoms with van der Waals surface area (Å²) in [4.78, 5) is 29.9. The molecule has 3 aromatic rings. The van der Waals surface area contributed by atoms with E-state index < -0.39 is 12.3 Å². The fourth-order valence-electron chi connectivity index (χ4n) is 3.70. The van der Waals surface area contributed by atoms with Crippen molar-refractivity contribution in [3.05, 3.63) is 77.6 Å². The molecule has 2 aromatic carbocycles. The van der Waals surface area contributed by atoms with E-state index in [1.54, 1.807) is 23.2 Å². The first kappa shape index (κ1) is 21.4. The maximum Gasteiger partial charge on any atom is 0.573 e. The topological polar surface area (TPSA) is 85.5 Å². The number of nitrogens with two attached hydrogens (primary N) is 1. The van der Waals surface area contributed by atoms with Gasteiger partial charge in [0.25, 0.3) is 0 Å². The molecule has 6 nitrogen and oxygen atoms in total. The number of carbonyl (C=O) groups excluding carboxylic acids is 2. The van der Waals surface area contributed by atoms with Gasteiger partial charge in [0.05, 0.1) is 12.0 Å². The minimum Gasteiger partial charge on any atom is -0.406 e. The molecule has 164 valence electrons. The van der Waals surface area contributed by atoms with E-state index in [1.165, 1.54) is 24.4 Å². The van der Waals surface area contributed by atoms with Gasteiger partial charge in [-0.05, 0) is 53.4 Å². The van der Waals surface area contributed by atoms with Gasteiger partial charge in [-0.3, -0.25) is 14.6 Å². The van der Waals surface area contributed by atoms with Crippen molar-refractivity contribution in [3.8, 4) is 16.9 Å². The average Bonchev–Trinajstić information content (AvgIpc) is 3.16. The zero-order chi connectivity index (χ0) is 22.9. The lowest BCUT2D eigenvalue weighted by Crippen LogP contribution is -2.30. The van der Waals surface area contributed by atoms with Crippen molar-refractivity contribution in [2.75, 3.05) is 11.4 Å². The highest BCUT2D eigenvalue weighted by molar-refractivity contribution is 5.97. The van der Waals surface area contributed by atoms with E-state index in [1.807, 2.05) is 18.2 Å². The summed E-state index contributed by atoms with van der Waals surface area (Å²) in [6, 6.07) is 12.6. The van der Waals surface area contributed by atoms with Gasteiger partial charge in [0, 0.05) is 30.2 Å². The number of pyridine rings is 1. The van der Waals surface area contributed by atoms with E-state index >= 15 is 0 Å². The Labute approximate surface area is 181 Å². The predicted molar refractivity (Wildman–Crippen MR) is 111 cm³/mol. The highest BCUT2D eigenvalue weighted by Gasteiger charge is 2.31. The minimum atomic E-state index is -4.79. The lowest BCUT2D eigenvalue weighted by atomic mass is 10.0. The van der Waals surface area contributed by atoms with Crippen LogP contribution >= 0.6 is 0 Å². The molecular formula is C23H18F3N3O3. The molecule has 9 heteroatoms. The number of hydrogen-bond donors (Lipinski definition) is 1. The molecule has 0 saturated carbocycles. The van der Waals surface area contributed by atoms with Crippen LogP contribution in [0.2, 0.25) is 0 Å². The Bertz CT molecular complexity index is 1190. The summed E-state index contributed by atoms with van der Waals surface area (Å²) in [6.07, 6.45) is -1.19. The summed E-state index contributed by atoms with van der Waals surface area (Å²) in [7, 11) is 0. The number of anilines is 1. The van der Waals surface area contributed by atoms with Crippen molar-refractivity contribution in [2.24, 2.45) is 5.73 Å². The van der Waals surface area contributed by atoms with E-state index in [9.17, 15) is 22.8 Å². The number of rotatable bonds is 5. The Kier molecular flexibility index (Phi) is 5.56. The molecule has 0 unspecified atom stereocenters. The van der Waals surface area contributed by atoms with Crippen LogP contribution < -0.4 is 15.4 Å². The van der Waals surface area contributed by atoms with Crippen LogP contribution in [0, 0.1) is 0 Å². The number of alkyl halides is 3. The number of primary amides is 1. The van der Waals surface area contributed by atoms with Crippen LogP contribution in [-0.4, -0.2) is 29.7 Å². The van der Waals surface area contributed by atoms with Crippen molar-refractivity contribution >= 4 is 17.5 Å². The van der Waals surface area contributed by atoms with Crippen molar-refractivity contribution in [1.29, 1.82) is 0 Å². The number of benzene rings is 2. The lowest BCUT2D eigenvalue weighted by molar-refractivity contribution is -0.274. The Balaban J connectivity index is 1.51. The van der Waals surface area contributed by atoms with Crippen LogP contribution in [0.5, 0.6) is 5.75 Å². The van der Waals surface area contributed by atoms with Crippen molar-refractivity contribution in [1.82, 2.24) is 4.98 Å². The second kappa shape index (κ2) is 8.33. The largest absolute Gasteiger partial charge is 0.573 e. The first-order valence-electron chi connectivity index (χ1n) is 9.73. The third-order valence-corrected chi connectivity index (χ3v) is 5.12. The Morgan fingerprint density at radius 1 is 1.06 bits per heavy atom. The Morgan fingerprint density at radius 2 is 1.88 bits per heavy atom. The molecule has 1 aliphatic rings. The molecule has 2 N–H and O–H groups in total. The summed E-state index contributed by atoms with van der Waals surface area (Å²) >= 11 is 0. The lowest BCUT2D eigenvalue weighted by Gasteiger charge is -2.18. The van der Waals surface area contributed by atoms with Gasteiger partial charge in [0.1, 0.15) is 5.75 Å². The molecule has 0 bridgehead atoms. The molecule has 2 heterocycles. The highest BCUT2D eigenvalue weighted by Crippen LogP contribution is 2.33. The van der Waals surface area contributed by atoms with Gasteiger partial charge >= 0.3 is 6.36 Å². The fraction of sp³-hybridized carbons (Fsp3) is 0.174. The molecule has 1 aromatic heterocycles. The Morgan fingerprint density at radius 3 is 2.62 bits per heavy atom. The molecule has 4 rings (SSSR count). The van der Waals surface area contributed by atoms with Gasteiger partial charge < -0.3 is 15.4 Å². The van der Waals surface area contributed by atoms with E-state index in [2.05, 4.69) is 9.72 Å². The molecule has 32 heavy (non-hydrogen) atoms. The van der Waals surface area contributed by atoms with Crippen LogP contribution in [-0.2, 0) is 17.6 Å². The van der Waals surface area contributed by atoms with Crippen LogP contribution in [0.15, 0.2) is 60.9 Å². The molecule has 0 atom stereocenters. The number of amides is 2. The first-order valence-corrected chi connectivity index (χ1v) is 9.73. The van der Waals surface area contributed by atoms with E-state index in [0.717, 1.165) is 22.4 Å². The van der Waals surface area contributed by atoms with Crippen LogP contribution in [0.25, 0.3) is 11.1 Å². The SMILES string of the molecule is NC(=O)c1cncc(-c2ccc3c(c2)CCN3C(=O)Cc2cccc(OC(F)(F)F)c2)c1. The maximum absolute atomic E-state index is 12.9. The standard InChI is InChI=1S/C23H18F3N3O3/c24-23(25,26)32-19-3-1-2-14(8-19)9-21(30)29-7-6-16-10-15(4-5-20(16)29)17-11-18(22(27)31)13-28-12-17/h1-5,8,10-13H,6-7,9H2,(H2,27,31). The summed E-state index contributed by atoms with van der Waals surface area (Å²) < 4.78 is 41.2. The van der Waals surface area contributed by atoms with Crippen molar-refractivity contribution in [3.63, 3.8) is 0 Å². The number of carbonyl (C=O) groups is 2. The van der Waals surface area contributed by atoms with Crippen LogP contribution in [0.4, 0.5) is 18.9 Å². The minimum absolute atomic E-state index is 0.0547. The summed E-state index contributed by atoms with van der Waals surface area (Å²) in [5, 5.41) is 0. The second-order valence-electron chi connectivity index (χ2n) is 7.34. The number of ether oxygens (including phenoxy) is 1. The average molecular weight is 441 g/mol. The molecule has 2 amide bonds. The monoisotopic (exact) mass is 441 g/mol. The third-order valence-electron chi connectivity index (χ3n) is 5.12. The molecular weight excluding hydrogens is 423 g/mol. The molecule has 0 radical (unpaired) electrons. The van der Waals surface area contributed by atoms with Crippen molar-refractivity contribution in [2.45, 2.75) is 19.2 Å². The van der Waals surface area contributed by atoms with Gasteiger partial charge in [-0.2, -0.15) is 0 Å². The summed E-state index contributed by atoms with van der Waals surface area (Å²) in [5.41, 5.74) is 9.32. The van der Waals surface area contributed by atoms with Gasteiger partial charge in [0.15, 0.2) is 0 Å². The summed E-state index contributed by atoms with van der Waals surface area (Å²) in [5.74, 6) is -1.15. The zero-order valence-electron chi connectivity index (χ0n) is 16.7. The fourth-order valence-corrected chi connectivity index (χ4v) is 3.70. The Hall–Kier alpha value is -3.88. The number of aromatic nitrogens is 1. The highest BCUT2D eigenvalue weighted by atomic mass is 19.4. The number of fused-ring (bicyclic) bond motifs is 1. The quantitative estimate of drug-likeness (QED) is 0.651. The molecule has 0 spiro atoms. The third kappa shape index (κ3) is 4.72. The van der Waals surface area contributed by atoms with E-state index in [4.69, 9.17) is 5.73 Å². The molecule has 1 aliphatic heterocycles. The van der Waals surface area contributed by atoms with Crippen LogP contribution in [0.3, 0.4) is 0 Å². The number of nitrogens with zero attached hydrogens (tertiary/aromatic N) is 2. The van der Waals surface area contributed by atoms with E-state index in [-0.39, 0.29) is 18.1 Å². The number of hydrogen-bond acceptors (Lipinski definition) is 4. The predicted octanol–water partition coefficient (Wildman–Crippen LogP) is 3.88. The normalized spacial score (nSPS) is 13.0. The second-order valence-corrected chi connectivity index (χ2v) is 7.34. The van der Waals surface area contributed by atoms with Gasteiger partial charge in [-0.1, -0.05) is 18.2 Å². The molecule has 0 fully saturated rings. The van der Waals surface area contributed by atoms with Gasteiger partial charge in [-0.15, -0.1) is 13.2 Å². The smallest absolute Gasteiger partial charge is 0.406 e. The van der Waals surface area contributed by atoms with Crippen molar-refractivity contribution < 1.29 is 27.5 Å².